The van der Waals surface area contributed by atoms with Crippen LogP contribution in [0.25, 0.3) is 0 Å². The van der Waals surface area contributed by atoms with Crippen LogP contribution in [0.5, 0.6) is 5.88 Å². The molecular formula is C16H22N6O2. The van der Waals surface area contributed by atoms with E-state index in [9.17, 15) is 4.79 Å². The van der Waals surface area contributed by atoms with Crippen LogP contribution in [0.15, 0.2) is 18.3 Å². The van der Waals surface area contributed by atoms with Crippen LogP contribution in [0.4, 0.5) is 5.95 Å². The molecule has 1 aliphatic heterocycles. The Labute approximate surface area is 141 Å². The molecule has 0 aliphatic carbocycles. The highest BCUT2D eigenvalue weighted by Gasteiger charge is 2.25. The maximum Gasteiger partial charge on any atom is 0.272 e. The molecule has 0 aromatic carbocycles. The Balaban J connectivity index is 1.67. The zero-order chi connectivity index (χ0) is 17.1. The molecule has 2 aromatic rings. The molecule has 8 nitrogen and oxygen atoms in total. The summed E-state index contributed by atoms with van der Waals surface area (Å²) in [6.07, 6.45) is 1.64. The van der Waals surface area contributed by atoms with Gasteiger partial charge in [0.2, 0.25) is 11.8 Å². The molecule has 3 rings (SSSR count). The van der Waals surface area contributed by atoms with Crippen LogP contribution < -0.4 is 9.64 Å². The van der Waals surface area contributed by atoms with Gasteiger partial charge < -0.3 is 14.5 Å². The summed E-state index contributed by atoms with van der Waals surface area (Å²) in [5, 5.41) is 4.06. The first-order valence-corrected chi connectivity index (χ1v) is 8.09. The van der Waals surface area contributed by atoms with E-state index in [1.807, 2.05) is 24.8 Å². The lowest BCUT2D eigenvalue weighted by Crippen LogP contribution is -2.49. The number of hydrogen-bond acceptors (Lipinski definition) is 6. The molecule has 2 aromatic heterocycles. The lowest BCUT2D eigenvalue weighted by atomic mass is 10.3. The fourth-order valence-corrected chi connectivity index (χ4v) is 2.74. The second-order valence-corrected chi connectivity index (χ2v) is 5.70. The Morgan fingerprint density at radius 3 is 2.62 bits per heavy atom. The highest BCUT2D eigenvalue weighted by Crippen LogP contribution is 2.18. The smallest absolute Gasteiger partial charge is 0.272 e. The molecule has 8 heteroatoms. The number of anilines is 1. The van der Waals surface area contributed by atoms with Crippen molar-refractivity contribution in [2.75, 3.05) is 37.7 Å². The van der Waals surface area contributed by atoms with Crippen LogP contribution in [-0.4, -0.2) is 63.3 Å². The maximum atomic E-state index is 12.5. The van der Waals surface area contributed by atoms with Crippen molar-refractivity contribution >= 4 is 11.9 Å². The first kappa shape index (κ1) is 16.2. The van der Waals surface area contributed by atoms with Crippen LogP contribution in [0, 0.1) is 6.92 Å². The number of aryl methyl sites for hydroxylation is 2. The predicted octanol–water partition coefficient (Wildman–Crippen LogP) is 0.880. The van der Waals surface area contributed by atoms with E-state index < -0.39 is 0 Å². The molecular weight excluding hydrogens is 308 g/mol. The van der Waals surface area contributed by atoms with E-state index in [4.69, 9.17) is 4.74 Å². The van der Waals surface area contributed by atoms with Gasteiger partial charge in [0.15, 0.2) is 0 Å². The topological polar surface area (TPSA) is 76.4 Å². The van der Waals surface area contributed by atoms with Crippen molar-refractivity contribution < 1.29 is 9.53 Å². The second kappa shape index (κ2) is 6.86. The molecule has 128 valence electrons. The van der Waals surface area contributed by atoms with Crippen molar-refractivity contribution in [2.24, 2.45) is 7.05 Å². The van der Waals surface area contributed by atoms with Crippen molar-refractivity contribution in [2.45, 2.75) is 13.8 Å². The molecule has 0 saturated carbocycles. The number of aromatic nitrogens is 4. The van der Waals surface area contributed by atoms with Crippen LogP contribution >= 0.6 is 0 Å². The first-order valence-electron chi connectivity index (χ1n) is 8.09. The molecule has 3 heterocycles. The zero-order valence-electron chi connectivity index (χ0n) is 14.3. The van der Waals surface area contributed by atoms with Crippen molar-refractivity contribution in [1.82, 2.24) is 24.6 Å². The average Bonchev–Trinajstić information content (AvgIpc) is 3.00. The normalized spacial score (nSPS) is 14.8. The summed E-state index contributed by atoms with van der Waals surface area (Å²) in [5.41, 5.74) is 1.48. The fourth-order valence-electron chi connectivity index (χ4n) is 2.74. The van der Waals surface area contributed by atoms with Crippen LogP contribution in [0.3, 0.4) is 0 Å². The van der Waals surface area contributed by atoms with Gasteiger partial charge in [-0.1, -0.05) is 0 Å². The maximum absolute atomic E-state index is 12.5. The highest BCUT2D eigenvalue weighted by atomic mass is 16.5. The first-order chi connectivity index (χ1) is 11.6. The van der Waals surface area contributed by atoms with Crippen molar-refractivity contribution in [3.63, 3.8) is 0 Å². The summed E-state index contributed by atoms with van der Waals surface area (Å²) >= 11 is 0. The van der Waals surface area contributed by atoms with Crippen molar-refractivity contribution in [3.8, 4) is 5.88 Å². The third kappa shape index (κ3) is 3.32. The van der Waals surface area contributed by atoms with Gasteiger partial charge in [-0.25, -0.2) is 4.98 Å². The average molecular weight is 330 g/mol. The van der Waals surface area contributed by atoms with Crippen molar-refractivity contribution in [1.29, 1.82) is 0 Å². The number of rotatable bonds is 4. The van der Waals surface area contributed by atoms with Crippen LogP contribution in [0.2, 0.25) is 0 Å². The minimum atomic E-state index is 0.00909. The van der Waals surface area contributed by atoms with Gasteiger partial charge in [-0.05, 0) is 19.9 Å². The van der Waals surface area contributed by atoms with Crippen LogP contribution in [-0.2, 0) is 7.05 Å². The Morgan fingerprint density at radius 2 is 2.00 bits per heavy atom. The number of hydrogen-bond donors (Lipinski definition) is 0. The zero-order valence-corrected chi connectivity index (χ0v) is 14.3. The molecule has 0 unspecified atom stereocenters. The summed E-state index contributed by atoms with van der Waals surface area (Å²) in [4.78, 5) is 25.4. The Morgan fingerprint density at radius 1 is 1.25 bits per heavy atom. The second-order valence-electron chi connectivity index (χ2n) is 5.70. The van der Waals surface area contributed by atoms with Gasteiger partial charge in [0.05, 0.1) is 6.61 Å². The lowest BCUT2D eigenvalue weighted by molar-refractivity contribution is 0.0735. The van der Waals surface area contributed by atoms with E-state index >= 15 is 0 Å². The Kier molecular flexibility index (Phi) is 4.64. The van der Waals surface area contributed by atoms with Gasteiger partial charge in [-0.2, -0.15) is 10.1 Å². The third-order valence-electron chi connectivity index (χ3n) is 4.00. The van der Waals surface area contributed by atoms with E-state index in [1.54, 1.807) is 24.0 Å². The number of amides is 1. The molecule has 0 atom stereocenters. The van der Waals surface area contributed by atoms with E-state index in [1.165, 1.54) is 0 Å². The molecule has 0 spiro atoms. The SMILES string of the molecule is CCOc1cc(C)nc(N2CCN(C(=O)c3ccnn3C)CC2)n1. The lowest BCUT2D eigenvalue weighted by Gasteiger charge is -2.34. The number of ether oxygens (including phenoxy) is 1. The predicted molar refractivity (Wildman–Crippen MR) is 89.3 cm³/mol. The van der Waals surface area contributed by atoms with Crippen LogP contribution in [0.1, 0.15) is 23.1 Å². The summed E-state index contributed by atoms with van der Waals surface area (Å²) in [7, 11) is 1.78. The minimum Gasteiger partial charge on any atom is -0.478 e. The number of carbonyl (C=O) groups excluding carboxylic acids is 1. The molecule has 24 heavy (non-hydrogen) atoms. The third-order valence-corrected chi connectivity index (χ3v) is 4.00. The Bertz CT molecular complexity index is 721. The summed E-state index contributed by atoms with van der Waals surface area (Å²) in [5.74, 6) is 1.26. The number of piperazine rings is 1. The molecule has 0 bridgehead atoms. The highest BCUT2D eigenvalue weighted by molar-refractivity contribution is 5.92. The summed E-state index contributed by atoms with van der Waals surface area (Å²) in [6.45, 7) is 7.08. The quantitative estimate of drug-likeness (QED) is 0.828. The molecule has 1 amide bonds. The van der Waals surface area contributed by atoms with E-state index in [0.29, 0.717) is 50.3 Å². The molecule has 1 fully saturated rings. The Hall–Kier alpha value is -2.64. The van der Waals surface area contributed by atoms with E-state index in [0.717, 1.165) is 5.69 Å². The number of carbonyl (C=O) groups is 1. The van der Waals surface area contributed by atoms with Gasteiger partial charge >= 0.3 is 0 Å². The fraction of sp³-hybridized carbons (Fsp3) is 0.500. The largest absolute Gasteiger partial charge is 0.478 e. The van der Waals surface area contributed by atoms with E-state index in [2.05, 4.69) is 20.0 Å². The van der Waals surface area contributed by atoms with Gasteiger partial charge in [0, 0.05) is 51.2 Å². The number of nitrogens with zero attached hydrogens (tertiary/aromatic N) is 6. The van der Waals surface area contributed by atoms with Gasteiger partial charge in [0.25, 0.3) is 5.91 Å². The molecule has 0 radical (unpaired) electrons. The monoisotopic (exact) mass is 330 g/mol. The van der Waals surface area contributed by atoms with E-state index in [-0.39, 0.29) is 5.91 Å². The minimum absolute atomic E-state index is 0.00909. The molecule has 1 aliphatic rings. The van der Waals surface area contributed by atoms with Gasteiger partial charge in [-0.3, -0.25) is 9.48 Å². The summed E-state index contributed by atoms with van der Waals surface area (Å²) < 4.78 is 7.09. The van der Waals surface area contributed by atoms with Crippen molar-refractivity contribution in [3.05, 3.63) is 29.7 Å². The summed E-state index contributed by atoms with van der Waals surface area (Å²) in [6, 6.07) is 3.57. The van der Waals surface area contributed by atoms with Gasteiger partial charge in [0.1, 0.15) is 5.69 Å². The van der Waals surface area contributed by atoms with Gasteiger partial charge in [-0.15, -0.1) is 0 Å². The standard InChI is InChI=1S/C16H22N6O2/c1-4-24-14-11-12(2)18-16(19-14)22-9-7-21(8-10-22)15(23)13-5-6-17-20(13)3/h5-6,11H,4,7-10H2,1-3H3. The molecule has 1 saturated heterocycles. The molecule has 0 N–H and O–H groups in total.